The Bertz CT molecular complexity index is 571. The Morgan fingerprint density at radius 1 is 1.05 bits per heavy atom. The van der Waals surface area contributed by atoms with E-state index in [1.807, 2.05) is 6.07 Å². The monoisotopic (exact) mass is 254 g/mol. The molecule has 2 heteroatoms. The molecule has 0 aromatic heterocycles. The molecule has 1 aliphatic rings. The molecule has 1 aliphatic heterocycles. The molecule has 0 bridgehead atoms. The van der Waals surface area contributed by atoms with Crippen LogP contribution in [0.25, 0.3) is 11.1 Å². The van der Waals surface area contributed by atoms with Gasteiger partial charge in [0.2, 0.25) is 0 Å². The van der Waals surface area contributed by atoms with Gasteiger partial charge >= 0.3 is 0 Å². The molecule has 2 nitrogen and oxygen atoms in total. The van der Waals surface area contributed by atoms with Crippen LogP contribution in [0.15, 0.2) is 42.5 Å². The summed E-state index contributed by atoms with van der Waals surface area (Å²) in [6.07, 6.45) is 0.300. The SMILES string of the molecule is Cc1c(OCC2CO2)ccc(-c2ccccc2)c1C. The van der Waals surface area contributed by atoms with Crippen molar-refractivity contribution in [2.75, 3.05) is 13.2 Å². The first-order valence-electron chi connectivity index (χ1n) is 6.66. The minimum Gasteiger partial charge on any atom is -0.491 e. The second kappa shape index (κ2) is 5.06. The largest absolute Gasteiger partial charge is 0.491 e. The smallest absolute Gasteiger partial charge is 0.122 e. The fraction of sp³-hybridized carbons (Fsp3) is 0.294. The molecule has 1 unspecified atom stereocenters. The van der Waals surface area contributed by atoms with Gasteiger partial charge in [-0.05, 0) is 42.2 Å². The number of benzene rings is 2. The highest BCUT2D eigenvalue weighted by Crippen LogP contribution is 2.31. The van der Waals surface area contributed by atoms with Crippen LogP contribution >= 0.6 is 0 Å². The first kappa shape index (κ1) is 12.2. The Hall–Kier alpha value is -1.80. The van der Waals surface area contributed by atoms with Gasteiger partial charge in [0.15, 0.2) is 0 Å². The number of rotatable bonds is 4. The quantitative estimate of drug-likeness (QED) is 0.775. The highest BCUT2D eigenvalue weighted by Gasteiger charge is 2.23. The summed E-state index contributed by atoms with van der Waals surface area (Å²) in [6.45, 7) is 5.76. The third kappa shape index (κ3) is 2.64. The fourth-order valence-electron chi connectivity index (χ4n) is 2.23. The van der Waals surface area contributed by atoms with Crippen LogP contribution in [0.3, 0.4) is 0 Å². The van der Waals surface area contributed by atoms with Gasteiger partial charge in [0.1, 0.15) is 18.5 Å². The van der Waals surface area contributed by atoms with Crippen LogP contribution in [0.1, 0.15) is 11.1 Å². The molecular formula is C17H18O2. The molecule has 19 heavy (non-hydrogen) atoms. The Morgan fingerprint density at radius 3 is 2.47 bits per heavy atom. The number of hydrogen-bond acceptors (Lipinski definition) is 2. The molecule has 0 spiro atoms. The van der Waals surface area contributed by atoms with Gasteiger partial charge in [0, 0.05) is 0 Å². The van der Waals surface area contributed by atoms with Crippen molar-refractivity contribution in [2.24, 2.45) is 0 Å². The summed E-state index contributed by atoms with van der Waals surface area (Å²) in [4.78, 5) is 0. The molecule has 3 rings (SSSR count). The van der Waals surface area contributed by atoms with Gasteiger partial charge in [0.05, 0.1) is 6.61 Å². The van der Waals surface area contributed by atoms with Crippen LogP contribution in [0.5, 0.6) is 5.75 Å². The summed E-state index contributed by atoms with van der Waals surface area (Å²) in [7, 11) is 0. The van der Waals surface area contributed by atoms with E-state index >= 15 is 0 Å². The lowest BCUT2D eigenvalue weighted by molar-refractivity contribution is 0.261. The average molecular weight is 254 g/mol. The molecule has 0 aliphatic carbocycles. The Morgan fingerprint density at radius 2 is 1.79 bits per heavy atom. The first-order valence-corrected chi connectivity index (χ1v) is 6.66. The minimum atomic E-state index is 0.300. The molecule has 0 saturated carbocycles. The van der Waals surface area contributed by atoms with Gasteiger partial charge in [-0.2, -0.15) is 0 Å². The van der Waals surface area contributed by atoms with Crippen molar-refractivity contribution in [3.05, 3.63) is 53.6 Å². The maximum atomic E-state index is 5.81. The Labute approximate surface area is 114 Å². The maximum absolute atomic E-state index is 5.81. The van der Waals surface area contributed by atoms with Crippen LogP contribution in [0.2, 0.25) is 0 Å². The van der Waals surface area contributed by atoms with E-state index in [1.165, 1.54) is 22.3 Å². The van der Waals surface area contributed by atoms with Crippen LogP contribution in [0, 0.1) is 13.8 Å². The molecule has 1 saturated heterocycles. The van der Waals surface area contributed by atoms with Gasteiger partial charge < -0.3 is 9.47 Å². The first-order chi connectivity index (χ1) is 9.25. The van der Waals surface area contributed by atoms with Gasteiger partial charge in [-0.3, -0.25) is 0 Å². The van der Waals surface area contributed by atoms with Crippen molar-refractivity contribution in [1.29, 1.82) is 0 Å². The Balaban J connectivity index is 1.89. The van der Waals surface area contributed by atoms with Crippen molar-refractivity contribution in [1.82, 2.24) is 0 Å². The molecule has 98 valence electrons. The van der Waals surface area contributed by atoms with Crippen LogP contribution in [-0.4, -0.2) is 19.3 Å². The van der Waals surface area contributed by atoms with Gasteiger partial charge in [-0.25, -0.2) is 0 Å². The second-order valence-corrected chi connectivity index (χ2v) is 4.99. The lowest BCUT2D eigenvalue weighted by atomic mass is 9.96. The lowest BCUT2D eigenvalue weighted by Gasteiger charge is -2.14. The Kier molecular flexibility index (Phi) is 3.26. The van der Waals surface area contributed by atoms with E-state index < -0.39 is 0 Å². The highest BCUT2D eigenvalue weighted by atomic mass is 16.6. The maximum Gasteiger partial charge on any atom is 0.122 e. The van der Waals surface area contributed by atoms with E-state index in [-0.39, 0.29) is 0 Å². The topological polar surface area (TPSA) is 21.8 Å². The van der Waals surface area contributed by atoms with Crippen molar-refractivity contribution in [3.63, 3.8) is 0 Å². The number of hydrogen-bond donors (Lipinski definition) is 0. The summed E-state index contributed by atoms with van der Waals surface area (Å²) in [6, 6.07) is 14.7. The van der Waals surface area contributed by atoms with E-state index in [1.54, 1.807) is 0 Å². The van der Waals surface area contributed by atoms with Crippen molar-refractivity contribution in [3.8, 4) is 16.9 Å². The summed E-state index contributed by atoms with van der Waals surface area (Å²) in [5, 5.41) is 0. The van der Waals surface area contributed by atoms with E-state index in [0.717, 1.165) is 12.4 Å². The predicted octanol–water partition coefficient (Wildman–Crippen LogP) is 3.75. The minimum absolute atomic E-state index is 0.300. The zero-order valence-electron chi connectivity index (χ0n) is 11.3. The fourth-order valence-corrected chi connectivity index (χ4v) is 2.23. The number of epoxide rings is 1. The molecule has 1 fully saturated rings. The summed E-state index contributed by atoms with van der Waals surface area (Å²) in [5.41, 5.74) is 5.01. The van der Waals surface area contributed by atoms with Crippen LogP contribution < -0.4 is 4.74 Å². The lowest BCUT2D eigenvalue weighted by Crippen LogP contribution is -2.05. The summed E-state index contributed by atoms with van der Waals surface area (Å²) >= 11 is 0. The molecule has 2 aromatic carbocycles. The van der Waals surface area contributed by atoms with Gasteiger partial charge in [-0.15, -0.1) is 0 Å². The summed E-state index contributed by atoms with van der Waals surface area (Å²) in [5.74, 6) is 0.965. The molecule has 0 radical (unpaired) electrons. The number of ether oxygens (including phenoxy) is 2. The second-order valence-electron chi connectivity index (χ2n) is 4.99. The van der Waals surface area contributed by atoms with E-state index in [2.05, 4.69) is 50.2 Å². The highest BCUT2D eigenvalue weighted by molar-refractivity contribution is 5.70. The van der Waals surface area contributed by atoms with E-state index in [0.29, 0.717) is 12.7 Å². The van der Waals surface area contributed by atoms with Gasteiger partial charge in [0.25, 0.3) is 0 Å². The normalized spacial score (nSPS) is 17.3. The van der Waals surface area contributed by atoms with E-state index in [4.69, 9.17) is 9.47 Å². The third-order valence-electron chi connectivity index (χ3n) is 3.65. The zero-order valence-corrected chi connectivity index (χ0v) is 11.3. The molecular weight excluding hydrogens is 236 g/mol. The van der Waals surface area contributed by atoms with Gasteiger partial charge in [-0.1, -0.05) is 36.4 Å². The standard InChI is InChI=1S/C17H18O2/c1-12-13(2)17(19-11-15-10-18-15)9-8-16(12)14-6-4-3-5-7-14/h3-9,15H,10-11H2,1-2H3. The van der Waals surface area contributed by atoms with Crippen molar-refractivity contribution < 1.29 is 9.47 Å². The third-order valence-corrected chi connectivity index (χ3v) is 3.65. The van der Waals surface area contributed by atoms with E-state index in [9.17, 15) is 0 Å². The van der Waals surface area contributed by atoms with Crippen molar-refractivity contribution in [2.45, 2.75) is 20.0 Å². The average Bonchev–Trinajstić information content (AvgIpc) is 3.26. The molecule has 0 amide bonds. The van der Waals surface area contributed by atoms with Crippen LogP contribution in [-0.2, 0) is 4.74 Å². The molecule has 1 atom stereocenters. The predicted molar refractivity (Wildman–Crippen MR) is 76.6 cm³/mol. The zero-order chi connectivity index (χ0) is 13.2. The summed E-state index contributed by atoms with van der Waals surface area (Å²) < 4.78 is 11.0. The van der Waals surface area contributed by atoms with Crippen molar-refractivity contribution >= 4 is 0 Å². The molecule has 2 aromatic rings. The van der Waals surface area contributed by atoms with Crippen LogP contribution in [0.4, 0.5) is 0 Å². The molecule has 0 N–H and O–H groups in total. The molecule has 1 heterocycles.